The second-order valence-electron chi connectivity index (χ2n) is 8.69. The number of unbranched alkanes of at least 4 members (excludes halogenated alkanes) is 1. The molecular weight excluding hydrogens is 422 g/mol. The van der Waals surface area contributed by atoms with E-state index in [1.807, 2.05) is 24.3 Å². The van der Waals surface area contributed by atoms with Gasteiger partial charge >= 0.3 is 5.69 Å². The number of imidazole rings is 1. The van der Waals surface area contributed by atoms with E-state index >= 15 is 0 Å². The molecule has 2 aromatic rings. The molecule has 0 atom stereocenters. The quantitative estimate of drug-likeness (QED) is 0.529. The van der Waals surface area contributed by atoms with Crippen LogP contribution in [0.25, 0.3) is 5.70 Å². The molecule has 1 aromatic carbocycles. The fourth-order valence-electron chi connectivity index (χ4n) is 4.15. The number of hydrogen-bond donors (Lipinski definition) is 2. The minimum atomic E-state index is -0.292. The summed E-state index contributed by atoms with van der Waals surface area (Å²) in [5.74, 6) is 1.44. The maximum atomic E-state index is 12.9. The highest BCUT2D eigenvalue weighted by molar-refractivity contribution is 5.76. The Morgan fingerprint density at radius 2 is 1.94 bits per heavy atom. The van der Waals surface area contributed by atoms with Gasteiger partial charge < -0.3 is 24.4 Å². The van der Waals surface area contributed by atoms with E-state index in [0.29, 0.717) is 19.8 Å². The topological polar surface area (TPSA) is 84.1 Å². The monoisotopic (exact) mass is 457 g/mol. The van der Waals surface area contributed by atoms with Crippen LogP contribution in [0.4, 0.5) is 0 Å². The second-order valence-corrected chi connectivity index (χ2v) is 8.69. The van der Waals surface area contributed by atoms with Crippen molar-refractivity contribution in [3.63, 3.8) is 0 Å². The molecule has 0 radical (unpaired) electrons. The van der Waals surface area contributed by atoms with Crippen LogP contribution in [0.15, 0.2) is 35.3 Å². The number of nitrogens with one attached hydrogen (secondary N) is 1. The number of fused-ring (bicyclic) bond motifs is 1. The summed E-state index contributed by atoms with van der Waals surface area (Å²) in [7, 11) is 2.15. The zero-order valence-electron chi connectivity index (χ0n) is 19.6. The molecule has 0 saturated carbocycles. The molecule has 0 unspecified atom stereocenters. The van der Waals surface area contributed by atoms with E-state index in [1.165, 1.54) is 15.4 Å². The van der Waals surface area contributed by atoms with Crippen molar-refractivity contribution >= 4 is 5.70 Å². The number of rotatable bonds is 10. The number of benzene rings is 1. The predicted molar refractivity (Wildman–Crippen MR) is 129 cm³/mol. The third-order valence-electron chi connectivity index (χ3n) is 6.14. The van der Waals surface area contributed by atoms with Gasteiger partial charge in [0.25, 0.3) is 0 Å². The molecule has 2 N–H and O–H groups in total. The highest BCUT2D eigenvalue weighted by atomic mass is 16.5. The number of hydrogen-bond acceptors (Lipinski definition) is 7. The van der Waals surface area contributed by atoms with E-state index in [-0.39, 0.29) is 11.6 Å². The molecule has 33 heavy (non-hydrogen) atoms. The zero-order valence-corrected chi connectivity index (χ0v) is 19.6. The number of ether oxygens (including phenoxy) is 2. The largest absolute Gasteiger partial charge is 0.494 e. The summed E-state index contributed by atoms with van der Waals surface area (Å²) < 4.78 is 14.2. The van der Waals surface area contributed by atoms with Crippen LogP contribution in [-0.4, -0.2) is 77.1 Å². The van der Waals surface area contributed by atoms with Crippen molar-refractivity contribution < 1.29 is 14.6 Å². The van der Waals surface area contributed by atoms with E-state index in [4.69, 9.17) is 9.47 Å². The van der Waals surface area contributed by atoms with Crippen LogP contribution in [0.3, 0.4) is 0 Å². The van der Waals surface area contributed by atoms with Crippen molar-refractivity contribution in [2.75, 3.05) is 58.4 Å². The molecule has 0 bridgehead atoms. The Balaban J connectivity index is 1.37. The van der Waals surface area contributed by atoms with E-state index in [1.54, 1.807) is 0 Å². The van der Waals surface area contributed by atoms with Crippen molar-refractivity contribution in [3.05, 3.63) is 46.5 Å². The van der Waals surface area contributed by atoms with E-state index < -0.39 is 0 Å². The summed E-state index contributed by atoms with van der Waals surface area (Å²) in [6.45, 7) is 8.99. The minimum Gasteiger partial charge on any atom is -0.494 e. The summed E-state index contributed by atoms with van der Waals surface area (Å²) in [4.78, 5) is 17.7. The molecule has 0 spiro atoms. The van der Waals surface area contributed by atoms with Crippen LogP contribution >= 0.6 is 0 Å². The molecule has 4 rings (SSSR count). The lowest BCUT2D eigenvalue weighted by Crippen LogP contribution is -2.44. The molecule has 0 aliphatic carbocycles. The maximum absolute atomic E-state index is 12.9. The van der Waals surface area contributed by atoms with Crippen LogP contribution in [0.5, 0.6) is 17.4 Å². The van der Waals surface area contributed by atoms with Gasteiger partial charge in [0, 0.05) is 38.3 Å². The summed E-state index contributed by atoms with van der Waals surface area (Å²) in [5, 5.41) is 10.4. The van der Waals surface area contributed by atoms with Gasteiger partial charge in [0.15, 0.2) is 0 Å². The predicted octanol–water partition coefficient (Wildman–Crippen LogP) is 2.15. The number of nitrogens with zero attached hydrogens (tertiary/aromatic N) is 4. The Kier molecular flexibility index (Phi) is 7.61. The molecule has 2 aliphatic rings. The second kappa shape index (κ2) is 10.8. The van der Waals surface area contributed by atoms with Crippen molar-refractivity contribution in [1.82, 2.24) is 19.0 Å². The summed E-state index contributed by atoms with van der Waals surface area (Å²) >= 11 is 0. The molecule has 1 saturated heterocycles. The van der Waals surface area contributed by atoms with Crippen LogP contribution in [0.2, 0.25) is 0 Å². The third-order valence-corrected chi connectivity index (χ3v) is 6.14. The first-order valence-corrected chi connectivity index (χ1v) is 11.8. The number of piperazine rings is 1. The maximum Gasteiger partial charge on any atom is 0.349 e. The first-order chi connectivity index (χ1) is 16.0. The van der Waals surface area contributed by atoms with Gasteiger partial charge in [-0.15, -0.1) is 0 Å². The van der Waals surface area contributed by atoms with Gasteiger partial charge in [-0.3, -0.25) is 9.99 Å². The number of aromatic hydroxyl groups is 1. The van der Waals surface area contributed by atoms with Gasteiger partial charge in [0.05, 0.1) is 18.5 Å². The first-order valence-electron chi connectivity index (χ1n) is 11.8. The zero-order chi connectivity index (χ0) is 23.2. The highest BCUT2D eigenvalue weighted by Crippen LogP contribution is 2.32. The molecule has 1 fully saturated rings. The van der Waals surface area contributed by atoms with Gasteiger partial charge in [-0.1, -0.05) is 6.92 Å². The van der Waals surface area contributed by atoms with E-state index in [2.05, 4.69) is 29.2 Å². The molecule has 2 aliphatic heterocycles. The Morgan fingerprint density at radius 3 is 2.73 bits per heavy atom. The molecule has 0 amide bonds. The summed E-state index contributed by atoms with van der Waals surface area (Å²) in [6.07, 6.45) is 6.05. The van der Waals surface area contributed by atoms with E-state index in [9.17, 15) is 9.90 Å². The highest BCUT2D eigenvalue weighted by Gasteiger charge is 2.18. The fourth-order valence-corrected chi connectivity index (χ4v) is 4.15. The Labute approximate surface area is 194 Å². The molecule has 3 heterocycles. The Hall–Kier alpha value is -2.91. The van der Waals surface area contributed by atoms with Crippen molar-refractivity contribution in [2.45, 2.75) is 32.7 Å². The van der Waals surface area contributed by atoms with Crippen LogP contribution in [-0.2, 0) is 6.54 Å². The molecule has 180 valence electrons. The third kappa shape index (κ3) is 5.72. The van der Waals surface area contributed by atoms with Crippen LogP contribution in [0.1, 0.15) is 31.7 Å². The number of likely N-dealkylation sites (N-methyl/N-ethyl adjacent to an activating group) is 1. The molecular formula is C24H35N5O4. The van der Waals surface area contributed by atoms with Crippen molar-refractivity contribution in [2.24, 2.45) is 0 Å². The van der Waals surface area contributed by atoms with Gasteiger partial charge in [-0.25, -0.2) is 9.47 Å². The average Bonchev–Trinajstić information content (AvgIpc) is 3.09. The van der Waals surface area contributed by atoms with Crippen molar-refractivity contribution in [3.8, 4) is 17.4 Å². The van der Waals surface area contributed by atoms with Crippen LogP contribution < -0.4 is 20.6 Å². The molecule has 9 heteroatoms. The summed E-state index contributed by atoms with van der Waals surface area (Å²) in [5.41, 5.74) is 4.40. The van der Waals surface area contributed by atoms with Gasteiger partial charge in [0.1, 0.15) is 18.1 Å². The standard InChI is InChI=1S/C24H35N5O4/c1-3-15-32-19-6-7-22-20(17-19)21(8-16-33-22)25-29-18-23(30)28(24(29)31)10-5-4-9-27-13-11-26(2)12-14-27/h6-8,17-18,25,30H,3-5,9-16H2,1-2H3. The molecule has 1 aromatic heterocycles. The van der Waals surface area contributed by atoms with E-state index in [0.717, 1.165) is 74.7 Å². The first kappa shape index (κ1) is 23.3. The number of aromatic nitrogens is 2. The lowest BCUT2D eigenvalue weighted by atomic mass is 10.1. The Bertz CT molecular complexity index is 1020. The SMILES string of the molecule is CCCOc1ccc2c(c1)C(Nn1cc(O)n(CCCCN3CCN(C)CC3)c1=O)=CCO2. The van der Waals surface area contributed by atoms with Gasteiger partial charge in [0.2, 0.25) is 5.88 Å². The summed E-state index contributed by atoms with van der Waals surface area (Å²) in [6, 6.07) is 5.66. The van der Waals surface area contributed by atoms with Gasteiger partial charge in [-0.2, -0.15) is 0 Å². The lowest BCUT2D eigenvalue weighted by molar-refractivity contribution is 0.151. The lowest BCUT2D eigenvalue weighted by Gasteiger charge is -2.32. The molecule has 9 nitrogen and oxygen atoms in total. The van der Waals surface area contributed by atoms with Crippen LogP contribution in [0, 0.1) is 0 Å². The Morgan fingerprint density at radius 1 is 1.15 bits per heavy atom. The van der Waals surface area contributed by atoms with Crippen molar-refractivity contribution in [1.29, 1.82) is 0 Å². The normalized spacial score (nSPS) is 16.7. The fraction of sp³-hybridized carbons (Fsp3) is 0.542. The average molecular weight is 458 g/mol. The minimum absolute atomic E-state index is 0.0417. The van der Waals surface area contributed by atoms with Gasteiger partial charge in [-0.05, 0) is 57.1 Å². The smallest absolute Gasteiger partial charge is 0.349 e.